The smallest absolute Gasteiger partial charge is 0.223 e. The molecule has 0 spiro atoms. The molecule has 0 aromatic heterocycles. The van der Waals surface area contributed by atoms with Crippen LogP contribution in [0.5, 0.6) is 5.75 Å². The molecule has 0 saturated heterocycles. The van der Waals surface area contributed by atoms with Gasteiger partial charge in [0, 0.05) is 13.1 Å². The highest BCUT2D eigenvalue weighted by atomic mass is 79.9. The molecule has 0 aliphatic carbocycles. The van der Waals surface area contributed by atoms with Crippen LogP contribution < -0.4 is 15.4 Å². The Morgan fingerprint density at radius 1 is 1.40 bits per heavy atom. The minimum atomic E-state index is 0.0245. The zero-order chi connectivity index (χ0) is 14.2. The van der Waals surface area contributed by atoms with Crippen LogP contribution in [0, 0.1) is 0 Å². The third kappa shape index (κ3) is 4.98. The van der Waals surface area contributed by atoms with Crippen LogP contribution >= 0.6 is 15.9 Å². The van der Waals surface area contributed by atoms with Crippen molar-refractivity contribution in [3.63, 3.8) is 0 Å². The van der Waals surface area contributed by atoms with Gasteiger partial charge in [0.05, 0.1) is 17.5 Å². The topological polar surface area (TPSA) is 50.4 Å². The van der Waals surface area contributed by atoms with Gasteiger partial charge in [-0.25, -0.2) is 0 Å². The molecule has 0 saturated carbocycles. The Balaban J connectivity index is 1.65. The van der Waals surface area contributed by atoms with Crippen LogP contribution in [0.3, 0.4) is 0 Å². The first kappa shape index (κ1) is 15.1. The van der Waals surface area contributed by atoms with Gasteiger partial charge in [-0.2, -0.15) is 0 Å². The second-order valence-electron chi connectivity index (χ2n) is 4.62. The Bertz CT molecular complexity index is 489. The number of para-hydroxylation sites is 1. The van der Waals surface area contributed by atoms with E-state index in [-0.39, 0.29) is 5.91 Å². The van der Waals surface area contributed by atoms with E-state index in [0.717, 1.165) is 29.7 Å². The number of nitrogens with one attached hydrogen (secondary N) is 2. The van der Waals surface area contributed by atoms with Crippen LogP contribution in [0.1, 0.15) is 12.8 Å². The number of amides is 1. The predicted molar refractivity (Wildman–Crippen MR) is 82.8 cm³/mol. The molecule has 1 aromatic rings. The lowest BCUT2D eigenvalue weighted by Crippen LogP contribution is -2.30. The highest BCUT2D eigenvalue weighted by Crippen LogP contribution is 2.23. The average molecular weight is 339 g/mol. The molecule has 0 atom stereocenters. The van der Waals surface area contributed by atoms with Crippen LogP contribution in [0.2, 0.25) is 0 Å². The Labute approximate surface area is 127 Å². The normalized spacial score (nSPS) is 14.6. The summed E-state index contributed by atoms with van der Waals surface area (Å²) in [4.78, 5) is 11.7. The molecule has 1 aliphatic heterocycles. The van der Waals surface area contributed by atoms with Crippen molar-refractivity contribution >= 4 is 21.8 Å². The van der Waals surface area contributed by atoms with E-state index < -0.39 is 0 Å². The summed E-state index contributed by atoms with van der Waals surface area (Å²) in [6, 6.07) is 7.63. The minimum absolute atomic E-state index is 0.0245. The molecule has 0 fully saturated rings. The van der Waals surface area contributed by atoms with Gasteiger partial charge in [-0.15, -0.1) is 0 Å². The molecular formula is C15H19BrN2O2. The summed E-state index contributed by atoms with van der Waals surface area (Å²) in [6.45, 7) is 2.92. The van der Waals surface area contributed by atoms with Crippen molar-refractivity contribution in [2.75, 3.05) is 26.2 Å². The van der Waals surface area contributed by atoms with Crippen LogP contribution in [-0.4, -0.2) is 32.1 Å². The van der Waals surface area contributed by atoms with Crippen molar-refractivity contribution in [1.29, 1.82) is 0 Å². The Hall–Kier alpha value is -1.33. The third-order valence-corrected chi connectivity index (χ3v) is 3.75. The molecule has 0 radical (unpaired) electrons. The number of carbonyl (C=O) groups excluding carboxylic acids is 1. The summed E-state index contributed by atoms with van der Waals surface area (Å²) in [6.07, 6.45) is 3.52. The fraction of sp³-hybridized carbons (Fsp3) is 0.400. The first-order chi connectivity index (χ1) is 9.75. The van der Waals surface area contributed by atoms with Crippen molar-refractivity contribution in [2.24, 2.45) is 0 Å². The van der Waals surface area contributed by atoms with Gasteiger partial charge >= 0.3 is 0 Å². The van der Waals surface area contributed by atoms with Gasteiger partial charge in [0.2, 0.25) is 5.91 Å². The number of ether oxygens (including phenoxy) is 1. The summed E-state index contributed by atoms with van der Waals surface area (Å²) in [5.74, 6) is 0.790. The molecular weight excluding hydrogens is 320 g/mol. The van der Waals surface area contributed by atoms with Gasteiger partial charge in [-0.05, 0) is 41.0 Å². The van der Waals surface area contributed by atoms with Gasteiger partial charge in [0.1, 0.15) is 5.75 Å². The second kappa shape index (κ2) is 8.07. The fourth-order valence-electron chi connectivity index (χ4n) is 1.95. The number of carbonyl (C=O) groups is 1. The molecule has 1 aromatic carbocycles. The molecule has 1 heterocycles. The molecule has 0 unspecified atom stereocenters. The lowest BCUT2D eigenvalue weighted by Gasteiger charge is -2.14. The lowest BCUT2D eigenvalue weighted by molar-refractivity contribution is -0.121. The van der Waals surface area contributed by atoms with Crippen molar-refractivity contribution in [3.05, 3.63) is 40.4 Å². The summed E-state index contributed by atoms with van der Waals surface area (Å²) in [7, 11) is 0. The zero-order valence-corrected chi connectivity index (χ0v) is 12.9. The number of rotatable bonds is 6. The molecule has 1 amide bonds. The summed E-state index contributed by atoms with van der Waals surface area (Å²) < 4.78 is 6.47. The van der Waals surface area contributed by atoms with Crippen molar-refractivity contribution in [1.82, 2.24) is 10.6 Å². The van der Waals surface area contributed by atoms with E-state index in [9.17, 15) is 4.79 Å². The van der Waals surface area contributed by atoms with E-state index in [0.29, 0.717) is 19.6 Å². The molecule has 20 heavy (non-hydrogen) atoms. The van der Waals surface area contributed by atoms with Gasteiger partial charge < -0.3 is 15.4 Å². The van der Waals surface area contributed by atoms with Gasteiger partial charge in [0.25, 0.3) is 0 Å². The van der Waals surface area contributed by atoms with E-state index in [1.165, 1.54) is 5.57 Å². The monoisotopic (exact) mass is 338 g/mol. The molecule has 1 aliphatic rings. The Morgan fingerprint density at radius 3 is 3.00 bits per heavy atom. The van der Waals surface area contributed by atoms with Crippen molar-refractivity contribution in [3.8, 4) is 5.75 Å². The highest BCUT2D eigenvalue weighted by Gasteiger charge is 2.06. The summed E-state index contributed by atoms with van der Waals surface area (Å²) in [5, 5.41) is 6.17. The van der Waals surface area contributed by atoms with E-state index in [1.807, 2.05) is 24.3 Å². The maximum absolute atomic E-state index is 11.7. The number of benzene rings is 1. The van der Waals surface area contributed by atoms with Gasteiger partial charge in [0.15, 0.2) is 0 Å². The quantitative estimate of drug-likeness (QED) is 0.782. The zero-order valence-electron chi connectivity index (χ0n) is 11.3. The van der Waals surface area contributed by atoms with E-state index in [4.69, 9.17) is 4.74 Å². The number of hydrogen-bond donors (Lipinski definition) is 2. The van der Waals surface area contributed by atoms with E-state index >= 15 is 0 Å². The van der Waals surface area contributed by atoms with Gasteiger partial charge in [-0.3, -0.25) is 4.79 Å². The van der Waals surface area contributed by atoms with Crippen LogP contribution in [0.25, 0.3) is 0 Å². The van der Waals surface area contributed by atoms with Crippen LogP contribution in [0.4, 0.5) is 0 Å². The minimum Gasteiger partial charge on any atom is -0.492 e. The molecule has 0 bridgehead atoms. The molecule has 2 N–H and O–H groups in total. The van der Waals surface area contributed by atoms with E-state index in [2.05, 4.69) is 32.6 Å². The fourth-order valence-corrected chi connectivity index (χ4v) is 2.35. The maximum Gasteiger partial charge on any atom is 0.223 e. The lowest BCUT2D eigenvalue weighted by atomic mass is 10.1. The van der Waals surface area contributed by atoms with E-state index in [1.54, 1.807) is 0 Å². The Morgan fingerprint density at radius 2 is 2.25 bits per heavy atom. The second-order valence-corrected chi connectivity index (χ2v) is 5.48. The molecule has 108 valence electrons. The standard InChI is InChI=1S/C15H19BrN2O2/c16-13-3-1-2-4-14(13)20-10-7-15(19)18-11-12-5-8-17-9-6-12/h1-5,17H,6-11H2,(H,18,19). The van der Waals surface area contributed by atoms with Gasteiger partial charge in [-0.1, -0.05) is 23.8 Å². The average Bonchev–Trinajstić information content (AvgIpc) is 2.48. The predicted octanol–water partition coefficient (Wildman–Crippen LogP) is 2.25. The largest absolute Gasteiger partial charge is 0.492 e. The molecule has 5 heteroatoms. The van der Waals surface area contributed by atoms with Crippen molar-refractivity contribution in [2.45, 2.75) is 12.8 Å². The first-order valence-electron chi connectivity index (χ1n) is 6.78. The van der Waals surface area contributed by atoms with Crippen LogP contribution in [-0.2, 0) is 4.79 Å². The molecule has 4 nitrogen and oxygen atoms in total. The molecule has 2 rings (SSSR count). The maximum atomic E-state index is 11.7. The summed E-state index contributed by atoms with van der Waals surface area (Å²) in [5.41, 5.74) is 1.30. The third-order valence-electron chi connectivity index (χ3n) is 3.09. The number of hydrogen-bond acceptors (Lipinski definition) is 3. The number of halogens is 1. The van der Waals surface area contributed by atoms with Crippen LogP contribution in [0.15, 0.2) is 40.4 Å². The summed E-state index contributed by atoms with van der Waals surface area (Å²) >= 11 is 3.41. The first-order valence-corrected chi connectivity index (χ1v) is 7.57. The Kier molecular flexibility index (Phi) is 6.08. The SMILES string of the molecule is O=C(CCOc1ccccc1Br)NCC1=CCNCC1. The highest BCUT2D eigenvalue weighted by molar-refractivity contribution is 9.10. The van der Waals surface area contributed by atoms with Crippen molar-refractivity contribution < 1.29 is 9.53 Å².